The second-order valence-corrected chi connectivity index (χ2v) is 5.99. The Morgan fingerprint density at radius 2 is 2.33 bits per heavy atom. The van der Waals surface area contributed by atoms with Gasteiger partial charge in [0, 0.05) is 11.4 Å². The number of hydrogen-bond donors (Lipinski definition) is 2. The molecule has 2 amide bonds. The van der Waals surface area contributed by atoms with Crippen molar-refractivity contribution in [1.29, 1.82) is 5.26 Å². The minimum absolute atomic E-state index is 0.413. The number of rotatable bonds is 5. The van der Waals surface area contributed by atoms with E-state index in [9.17, 15) is 4.79 Å². The van der Waals surface area contributed by atoms with Gasteiger partial charge in [0.15, 0.2) is 4.34 Å². The Morgan fingerprint density at radius 3 is 3.10 bits per heavy atom. The van der Waals surface area contributed by atoms with Gasteiger partial charge in [-0.15, -0.1) is 16.8 Å². The summed E-state index contributed by atoms with van der Waals surface area (Å²) in [5.74, 6) is 0.738. The van der Waals surface area contributed by atoms with Crippen molar-refractivity contribution in [3.63, 3.8) is 0 Å². The van der Waals surface area contributed by atoms with Crippen molar-refractivity contribution >= 4 is 39.9 Å². The molecule has 1 aromatic carbocycles. The van der Waals surface area contributed by atoms with Crippen molar-refractivity contribution < 1.29 is 4.79 Å². The van der Waals surface area contributed by atoms with Gasteiger partial charge in [-0.1, -0.05) is 35.2 Å². The monoisotopic (exact) mass is 317 g/mol. The SMILES string of the molecule is C=CCSc1nnc(NC(=O)Nc2cccc(C#N)c2)s1. The standard InChI is InChI=1S/C13H11N5OS2/c1-2-6-20-13-18-17-12(21-13)16-11(19)15-10-5-3-4-9(7-10)8-14/h2-5,7H,1,6H2,(H2,15,16,17,19). The number of aromatic nitrogens is 2. The molecule has 0 radical (unpaired) electrons. The summed E-state index contributed by atoms with van der Waals surface area (Å²) < 4.78 is 0.761. The molecule has 0 saturated carbocycles. The lowest BCUT2D eigenvalue weighted by atomic mass is 10.2. The average molecular weight is 317 g/mol. The van der Waals surface area contributed by atoms with Crippen molar-refractivity contribution in [2.24, 2.45) is 0 Å². The summed E-state index contributed by atoms with van der Waals surface area (Å²) in [7, 11) is 0. The highest BCUT2D eigenvalue weighted by atomic mass is 32.2. The predicted molar refractivity (Wildman–Crippen MR) is 84.6 cm³/mol. The third-order valence-corrected chi connectivity index (χ3v) is 4.17. The molecule has 6 nitrogen and oxygen atoms in total. The van der Waals surface area contributed by atoms with Crippen LogP contribution in [0.15, 0.2) is 41.3 Å². The smallest absolute Gasteiger partial charge is 0.308 e. The van der Waals surface area contributed by atoms with Gasteiger partial charge in [0.2, 0.25) is 5.13 Å². The highest BCUT2D eigenvalue weighted by Crippen LogP contribution is 2.25. The van der Waals surface area contributed by atoms with Crippen molar-refractivity contribution in [1.82, 2.24) is 10.2 Å². The normalized spacial score (nSPS) is 9.67. The molecule has 21 heavy (non-hydrogen) atoms. The van der Waals surface area contributed by atoms with Gasteiger partial charge in [-0.05, 0) is 18.2 Å². The van der Waals surface area contributed by atoms with Crippen LogP contribution in [0.2, 0.25) is 0 Å². The van der Waals surface area contributed by atoms with E-state index >= 15 is 0 Å². The molecule has 2 rings (SSSR count). The molecule has 1 aromatic heterocycles. The van der Waals surface area contributed by atoms with E-state index in [2.05, 4.69) is 27.4 Å². The molecule has 8 heteroatoms. The molecule has 0 aliphatic heterocycles. The van der Waals surface area contributed by atoms with Gasteiger partial charge < -0.3 is 5.32 Å². The van der Waals surface area contributed by atoms with Gasteiger partial charge in [0.05, 0.1) is 11.6 Å². The average Bonchev–Trinajstić information content (AvgIpc) is 2.92. The fourth-order valence-corrected chi connectivity index (χ4v) is 2.88. The summed E-state index contributed by atoms with van der Waals surface area (Å²) >= 11 is 2.78. The topological polar surface area (TPSA) is 90.7 Å². The van der Waals surface area contributed by atoms with Crippen LogP contribution in [-0.4, -0.2) is 22.0 Å². The molecule has 0 saturated heterocycles. The van der Waals surface area contributed by atoms with Crippen LogP contribution in [0.1, 0.15) is 5.56 Å². The summed E-state index contributed by atoms with van der Waals surface area (Å²) in [5, 5.41) is 22.3. The third-order valence-electron chi connectivity index (χ3n) is 2.20. The second-order valence-electron chi connectivity index (χ2n) is 3.74. The highest BCUT2D eigenvalue weighted by Gasteiger charge is 2.08. The van der Waals surface area contributed by atoms with E-state index in [0.717, 1.165) is 10.1 Å². The fourth-order valence-electron chi connectivity index (χ4n) is 1.37. The van der Waals surface area contributed by atoms with E-state index in [4.69, 9.17) is 5.26 Å². The number of carbonyl (C=O) groups excluding carboxylic acids is 1. The first kappa shape index (κ1) is 15.0. The van der Waals surface area contributed by atoms with Crippen LogP contribution in [0.3, 0.4) is 0 Å². The van der Waals surface area contributed by atoms with Gasteiger partial charge in [-0.2, -0.15) is 5.26 Å². The molecule has 0 fully saturated rings. The lowest BCUT2D eigenvalue weighted by molar-refractivity contribution is 0.262. The minimum Gasteiger partial charge on any atom is -0.308 e. The molecule has 2 aromatic rings. The number of anilines is 2. The maximum Gasteiger partial charge on any atom is 0.325 e. The van der Waals surface area contributed by atoms with Crippen LogP contribution in [0.4, 0.5) is 15.6 Å². The zero-order valence-corrected chi connectivity index (χ0v) is 12.5. The minimum atomic E-state index is -0.429. The van der Waals surface area contributed by atoms with E-state index < -0.39 is 6.03 Å². The number of amides is 2. The number of hydrogen-bond acceptors (Lipinski definition) is 6. The predicted octanol–water partition coefficient (Wildman–Crippen LogP) is 3.33. The van der Waals surface area contributed by atoms with Gasteiger partial charge in [-0.3, -0.25) is 5.32 Å². The van der Waals surface area contributed by atoms with Gasteiger partial charge in [0.1, 0.15) is 0 Å². The molecule has 0 aliphatic rings. The van der Waals surface area contributed by atoms with Gasteiger partial charge >= 0.3 is 6.03 Å². The lowest BCUT2D eigenvalue weighted by Gasteiger charge is -2.04. The van der Waals surface area contributed by atoms with E-state index in [0.29, 0.717) is 16.4 Å². The Labute approximate surface area is 129 Å². The first-order valence-electron chi connectivity index (χ1n) is 5.86. The van der Waals surface area contributed by atoms with Crippen molar-refractivity contribution in [3.8, 4) is 6.07 Å². The number of nitriles is 1. The number of nitrogens with zero attached hydrogens (tertiary/aromatic N) is 3. The maximum atomic E-state index is 11.8. The van der Waals surface area contributed by atoms with Gasteiger partial charge in [-0.25, -0.2) is 4.79 Å². The maximum absolute atomic E-state index is 11.8. The fraction of sp³-hybridized carbons (Fsp3) is 0.0769. The Morgan fingerprint density at radius 1 is 1.48 bits per heavy atom. The Balaban J connectivity index is 1.93. The molecule has 1 heterocycles. The third kappa shape index (κ3) is 4.59. The van der Waals surface area contributed by atoms with Crippen molar-refractivity contribution in [2.75, 3.05) is 16.4 Å². The van der Waals surface area contributed by atoms with Crippen molar-refractivity contribution in [3.05, 3.63) is 42.5 Å². The van der Waals surface area contributed by atoms with Crippen LogP contribution >= 0.6 is 23.1 Å². The number of benzene rings is 1. The zero-order valence-electron chi connectivity index (χ0n) is 10.9. The Bertz CT molecular complexity index is 692. The molecule has 106 valence electrons. The van der Waals surface area contributed by atoms with Crippen LogP contribution in [0.5, 0.6) is 0 Å². The van der Waals surface area contributed by atoms with Crippen LogP contribution in [0, 0.1) is 11.3 Å². The van der Waals surface area contributed by atoms with Gasteiger partial charge in [0.25, 0.3) is 0 Å². The second kappa shape index (κ2) is 7.42. The van der Waals surface area contributed by atoms with E-state index in [1.807, 2.05) is 6.07 Å². The summed E-state index contributed by atoms with van der Waals surface area (Å²) in [4.78, 5) is 11.8. The molecule has 0 aliphatic carbocycles. The van der Waals surface area contributed by atoms with E-state index in [-0.39, 0.29) is 0 Å². The Hall–Kier alpha value is -2.37. The number of nitrogens with one attached hydrogen (secondary N) is 2. The molecular weight excluding hydrogens is 306 g/mol. The molecule has 0 unspecified atom stereocenters. The molecule has 0 spiro atoms. The van der Waals surface area contributed by atoms with Crippen molar-refractivity contribution in [2.45, 2.75) is 4.34 Å². The first-order chi connectivity index (χ1) is 10.2. The molecule has 0 atom stereocenters. The van der Waals surface area contributed by atoms with Crippen LogP contribution in [0.25, 0.3) is 0 Å². The summed E-state index contributed by atoms with van der Waals surface area (Å²) in [6.07, 6.45) is 1.77. The number of urea groups is 1. The van der Waals surface area contributed by atoms with E-state index in [1.165, 1.54) is 23.1 Å². The first-order valence-corrected chi connectivity index (χ1v) is 7.67. The number of carbonyl (C=O) groups is 1. The van der Waals surface area contributed by atoms with Crippen LogP contribution in [-0.2, 0) is 0 Å². The summed E-state index contributed by atoms with van der Waals surface area (Å²) in [6.45, 7) is 3.62. The Kier molecular flexibility index (Phi) is 5.31. The molecular formula is C13H11N5OS2. The van der Waals surface area contributed by atoms with E-state index in [1.54, 1.807) is 30.3 Å². The number of thioether (sulfide) groups is 1. The molecule has 0 bridgehead atoms. The highest BCUT2D eigenvalue weighted by molar-refractivity contribution is 8.01. The lowest BCUT2D eigenvalue weighted by Crippen LogP contribution is -2.19. The summed E-state index contributed by atoms with van der Waals surface area (Å²) in [6, 6.07) is 8.23. The zero-order chi connectivity index (χ0) is 15.1. The van der Waals surface area contributed by atoms with Crippen LogP contribution < -0.4 is 10.6 Å². The largest absolute Gasteiger partial charge is 0.325 e. The summed E-state index contributed by atoms with van der Waals surface area (Å²) in [5.41, 5.74) is 1.02. The molecule has 2 N–H and O–H groups in total. The quantitative estimate of drug-likeness (QED) is 0.501.